The summed E-state index contributed by atoms with van der Waals surface area (Å²) in [7, 11) is -2.73. The van der Waals surface area contributed by atoms with Crippen LogP contribution in [0.5, 0.6) is 11.5 Å². The molecular weight excluding hydrogens is 456 g/mol. The first-order chi connectivity index (χ1) is 15.8. The van der Waals surface area contributed by atoms with Crippen molar-refractivity contribution in [1.29, 1.82) is 5.26 Å². The summed E-state index contributed by atoms with van der Waals surface area (Å²) in [6, 6.07) is 9.09. The number of nitriles is 1. The van der Waals surface area contributed by atoms with Gasteiger partial charge in [-0.15, -0.1) is 0 Å². The van der Waals surface area contributed by atoms with Crippen LogP contribution in [0.25, 0.3) is 0 Å². The predicted octanol–water partition coefficient (Wildman–Crippen LogP) is 2.54. The molecule has 2 aromatic rings. The molecule has 1 aliphatic heterocycles. The fourth-order valence-electron chi connectivity index (χ4n) is 3.41. The van der Waals surface area contributed by atoms with E-state index in [-0.39, 0.29) is 45.1 Å². The van der Waals surface area contributed by atoms with E-state index in [1.54, 1.807) is 18.2 Å². The second-order valence-electron chi connectivity index (χ2n) is 7.29. The van der Waals surface area contributed by atoms with E-state index >= 15 is 0 Å². The number of benzene rings is 2. The highest BCUT2D eigenvalue weighted by Crippen LogP contribution is 2.28. The van der Waals surface area contributed by atoms with E-state index in [1.165, 1.54) is 12.0 Å². The second-order valence-corrected chi connectivity index (χ2v) is 9.20. The summed E-state index contributed by atoms with van der Waals surface area (Å²) in [5.74, 6) is -1.13. The van der Waals surface area contributed by atoms with Crippen LogP contribution in [0, 0.1) is 23.0 Å². The predicted molar refractivity (Wildman–Crippen MR) is 114 cm³/mol. The fourth-order valence-corrected chi connectivity index (χ4v) is 4.91. The van der Waals surface area contributed by atoms with Crippen molar-refractivity contribution in [2.24, 2.45) is 0 Å². The number of amides is 1. The van der Waals surface area contributed by atoms with Crippen molar-refractivity contribution >= 4 is 15.9 Å². The Morgan fingerprint density at radius 1 is 1.09 bits per heavy atom. The number of hydrogen-bond donors (Lipinski definition) is 0. The van der Waals surface area contributed by atoms with Gasteiger partial charge in [0.2, 0.25) is 15.9 Å². The minimum absolute atomic E-state index is 0.0109. The minimum atomic E-state index is -4.20. The van der Waals surface area contributed by atoms with Gasteiger partial charge in [-0.3, -0.25) is 4.79 Å². The van der Waals surface area contributed by atoms with Gasteiger partial charge in [-0.25, -0.2) is 17.2 Å². The number of sulfonamides is 1. The smallest absolute Gasteiger partial charge is 0.246 e. The molecule has 0 aromatic heterocycles. The van der Waals surface area contributed by atoms with Crippen molar-refractivity contribution in [3.05, 3.63) is 53.6 Å². The highest BCUT2D eigenvalue weighted by atomic mass is 32.2. The minimum Gasteiger partial charge on any atom is -0.493 e. The Bertz CT molecular complexity index is 1160. The highest BCUT2D eigenvalue weighted by molar-refractivity contribution is 7.89. The van der Waals surface area contributed by atoms with E-state index in [4.69, 9.17) is 14.7 Å². The van der Waals surface area contributed by atoms with Gasteiger partial charge >= 0.3 is 0 Å². The van der Waals surface area contributed by atoms with E-state index < -0.39 is 26.6 Å². The summed E-state index contributed by atoms with van der Waals surface area (Å²) >= 11 is 0. The van der Waals surface area contributed by atoms with E-state index in [2.05, 4.69) is 0 Å². The van der Waals surface area contributed by atoms with Gasteiger partial charge in [-0.05, 0) is 36.8 Å². The van der Waals surface area contributed by atoms with Crippen LogP contribution in [0.2, 0.25) is 0 Å². The fraction of sp³-hybridized carbons (Fsp3) is 0.364. The molecule has 3 rings (SSSR count). The third kappa shape index (κ3) is 5.77. The number of nitrogens with zero attached hydrogens (tertiary/aromatic N) is 3. The van der Waals surface area contributed by atoms with Gasteiger partial charge in [0, 0.05) is 38.7 Å². The molecule has 0 saturated carbocycles. The number of rotatable bonds is 8. The Morgan fingerprint density at radius 3 is 2.48 bits per heavy atom. The van der Waals surface area contributed by atoms with Crippen molar-refractivity contribution in [2.45, 2.75) is 17.7 Å². The molecule has 1 fully saturated rings. The van der Waals surface area contributed by atoms with Crippen molar-refractivity contribution in [3.63, 3.8) is 0 Å². The first-order valence-corrected chi connectivity index (χ1v) is 11.6. The van der Waals surface area contributed by atoms with E-state index in [0.29, 0.717) is 29.5 Å². The molecule has 8 nitrogen and oxygen atoms in total. The summed E-state index contributed by atoms with van der Waals surface area (Å²) in [6.07, 6.45) is 0.624. The molecule has 0 radical (unpaired) electrons. The standard InChI is InChI=1S/C22H23F2N3O5S/c1-31-20-13-16(15-25)4-7-19(20)32-12-2-3-22(28)26-8-10-27(11-9-26)33(29,30)21-14-17(23)5-6-18(21)24/h4-7,13-14H,2-3,8-12H2,1H3. The number of piperazine rings is 1. The summed E-state index contributed by atoms with van der Waals surface area (Å²) < 4.78 is 64.5. The maximum Gasteiger partial charge on any atom is 0.246 e. The van der Waals surface area contributed by atoms with Crippen LogP contribution in [-0.4, -0.2) is 63.4 Å². The molecule has 0 spiro atoms. The first-order valence-electron chi connectivity index (χ1n) is 10.2. The number of carbonyl (C=O) groups is 1. The van der Waals surface area contributed by atoms with Crippen LogP contribution in [0.1, 0.15) is 18.4 Å². The van der Waals surface area contributed by atoms with Crippen LogP contribution in [0.4, 0.5) is 8.78 Å². The van der Waals surface area contributed by atoms with Gasteiger partial charge in [0.15, 0.2) is 11.5 Å². The Hall–Kier alpha value is -3.23. The van der Waals surface area contributed by atoms with E-state index in [9.17, 15) is 22.0 Å². The van der Waals surface area contributed by atoms with Gasteiger partial charge in [0.1, 0.15) is 16.5 Å². The largest absolute Gasteiger partial charge is 0.493 e. The molecule has 0 N–H and O–H groups in total. The Kier molecular flexibility index (Phi) is 7.84. The zero-order chi connectivity index (χ0) is 24.0. The molecule has 2 aromatic carbocycles. The van der Waals surface area contributed by atoms with Crippen LogP contribution in [0.15, 0.2) is 41.3 Å². The number of halogens is 2. The van der Waals surface area contributed by atoms with Crippen molar-refractivity contribution in [3.8, 4) is 17.6 Å². The molecule has 11 heteroatoms. The molecule has 1 aliphatic rings. The Morgan fingerprint density at radius 2 is 1.82 bits per heavy atom. The average Bonchev–Trinajstić information content (AvgIpc) is 2.83. The van der Waals surface area contributed by atoms with Crippen molar-refractivity contribution < 1.29 is 31.5 Å². The first kappa shape index (κ1) is 24.4. The zero-order valence-electron chi connectivity index (χ0n) is 18.0. The van der Waals surface area contributed by atoms with Crippen molar-refractivity contribution in [2.75, 3.05) is 39.9 Å². The maximum absolute atomic E-state index is 13.9. The maximum atomic E-state index is 13.9. The van der Waals surface area contributed by atoms with E-state index in [0.717, 1.165) is 16.4 Å². The van der Waals surface area contributed by atoms with Crippen LogP contribution in [-0.2, 0) is 14.8 Å². The number of ether oxygens (including phenoxy) is 2. The van der Waals surface area contributed by atoms with Crippen molar-refractivity contribution in [1.82, 2.24) is 9.21 Å². The van der Waals surface area contributed by atoms with Gasteiger partial charge in [-0.2, -0.15) is 9.57 Å². The molecule has 0 atom stereocenters. The molecule has 176 valence electrons. The average molecular weight is 480 g/mol. The molecular formula is C22H23F2N3O5S. The Labute approximate surface area is 191 Å². The van der Waals surface area contributed by atoms with Crippen LogP contribution in [0.3, 0.4) is 0 Å². The number of methoxy groups -OCH3 is 1. The lowest BCUT2D eigenvalue weighted by Gasteiger charge is -2.34. The third-order valence-corrected chi connectivity index (χ3v) is 7.10. The normalized spacial score (nSPS) is 14.5. The molecule has 0 unspecified atom stereocenters. The number of hydrogen-bond acceptors (Lipinski definition) is 6. The summed E-state index contributed by atoms with van der Waals surface area (Å²) in [4.78, 5) is 13.3. The van der Waals surface area contributed by atoms with Gasteiger partial charge in [-0.1, -0.05) is 0 Å². The lowest BCUT2D eigenvalue weighted by atomic mass is 10.2. The quantitative estimate of drug-likeness (QED) is 0.540. The van der Waals surface area contributed by atoms with Crippen LogP contribution < -0.4 is 9.47 Å². The molecule has 0 aliphatic carbocycles. The third-order valence-electron chi connectivity index (χ3n) is 5.19. The summed E-state index contributed by atoms with van der Waals surface area (Å²) in [5, 5.41) is 8.93. The lowest BCUT2D eigenvalue weighted by Crippen LogP contribution is -2.50. The monoisotopic (exact) mass is 479 g/mol. The zero-order valence-corrected chi connectivity index (χ0v) is 18.8. The summed E-state index contributed by atoms with van der Waals surface area (Å²) in [6.45, 7) is 0.533. The number of carbonyl (C=O) groups excluding carboxylic acids is 1. The lowest BCUT2D eigenvalue weighted by molar-refractivity contribution is -0.132. The van der Waals surface area contributed by atoms with Crippen LogP contribution >= 0.6 is 0 Å². The van der Waals surface area contributed by atoms with Gasteiger partial charge in [0.05, 0.1) is 25.3 Å². The summed E-state index contributed by atoms with van der Waals surface area (Å²) in [5.41, 5.74) is 0.440. The molecule has 1 amide bonds. The Balaban J connectivity index is 1.48. The van der Waals surface area contributed by atoms with Gasteiger partial charge in [0.25, 0.3) is 0 Å². The van der Waals surface area contributed by atoms with E-state index in [1.807, 2.05) is 6.07 Å². The van der Waals surface area contributed by atoms with Gasteiger partial charge < -0.3 is 14.4 Å². The SMILES string of the molecule is COc1cc(C#N)ccc1OCCCC(=O)N1CCN(S(=O)(=O)c2cc(F)ccc2F)CC1. The molecule has 1 saturated heterocycles. The molecule has 33 heavy (non-hydrogen) atoms. The highest BCUT2D eigenvalue weighted by Gasteiger charge is 2.32. The molecule has 0 bridgehead atoms. The molecule has 1 heterocycles. The topological polar surface area (TPSA) is 99.9 Å². The second kappa shape index (κ2) is 10.6.